The van der Waals surface area contributed by atoms with Crippen LogP contribution < -0.4 is 5.73 Å². The van der Waals surface area contributed by atoms with Crippen molar-refractivity contribution in [1.82, 2.24) is 14.8 Å². The fourth-order valence-electron chi connectivity index (χ4n) is 1.08. The van der Waals surface area contributed by atoms with Crippen LogP contribution in [0.25, 0.3) is 5.82 Å². The van der Waals surface area contributed by atoms with Gasteiger partial charge in [0.05, 0.1) is 0 Å². The number of hydrogen-bond donors (Lipinski definition) is 1. The lowest BCUT2D eigenvalue weighted by Gasteiger charge is -2.00. The van der Waals surface area contributed by atoms with Gasteiger partial charge in [-0.2, -0.15) is 5.10 Å². The molecule has 0 saturated heterocycles. The van der Waals surface area contributed by atoms with Crippen LogP contribution in [0.2, 0.25) is 0 Å². The highest BCUT2D eigenvalue weighted by atomic mass is 35.5. The molecule has 0 amide bonds. The van der Waals surface area contributed by atoms with Crippen molar-refractivity contribution in [2.24, 2.45) is 5.73 Å². The molecule has 2 N–H and O–H groups in total. The highest BCUT2D eigenvalue weighted by Crippen LogP contribution is 2.03. The summed E-state index contributed by atoms with van der Waals surface area (Å²) in [6.07, 6.45) is 5.33. The second-order valence-electron chi connectivity index (χ2n) is 2.68. The lowest BCUT2D eigenvalue weighted by molar-refractivity contribution is 0.842. The van der Waals surface area contributed by atoms with Crippen LogP contribution in [0.1, 0.15) is 5.56 Å². The second-order valence-corrected chi connectivity index (χ2v) is 2.68. The van der Waals surface area contributed by atoms with Crippen molar-refractivity contribution in [3.8, 4) is 5.82 Å². The summed E-state index contributed by atoms with van der Waals surface area (Å²) in [6.45, 7) is 0.520. The fraction of sp³-hybridized carbons (Fsp3) is 0.111. The number of rotatable bonds is 2. The standard InChI is InChI=1S/C9H10N4.2ClH/c10-6-8-2-3-9(11-7-8)13-5-1-4-12-13;;/h1-5,7H,6,10H2;2*1H. The van der Waals surface area contributed by atoms with E-state index in [4.69, 9.17) is 5.73 Å². The summed E-state index contributed by atoms with van der Waals surface area (Å²) in [5, 5.41) is 4.06. The monoisotopic (exact) mass is 246 g/mol. The van der Waals surface area contributed by atoms with E-state index in [-0.39, 0.29) is 24.8 Å². The lowest BCUT2D eigenvalue weighted by Crippen LogP contribution is -2.01. The van der Waals surface area contributed by atoms with Crippen LogP contribution >= 0.6 is 24.8 Å². The first-order chi connectivity index (χ1) is 6.40. The van der Waals surface area contributed by atoms with Crippen molar-refractivity contribution >= 4 is 24.8 Å². The molecule has 0 atom stereocenters. The molecule has 4 nitrogen and oxygen atoms in total. The molecule has 0 bridgehead atoms. The third-order valence-corrected chi connectivity index (χ3v) is 1.78. The number of nitrogens with zero attached hydrogens (tertiary/aromatic N) is 3. The van der Waals surface area contributed by atoms with E-state index in [9.17, 15) is 0 Å². The van der Waals surface area contributed by atoms with Gasteiger partial charge in [-0.3, -0.25) is 0 Å². The average Bonchev–Trinajstić information content (AvgIpc) is 2.71. The van der Waals surface area contributed by atoms with Gasteiger partial charge < -0.3 is 5.73 Å². The van der Waals surface area contributed by atoms with E-state index in [1.165, 1.54) is 0 Å². The molecule has 0 aliphatic heterocycles. The Bertz CT molecular complexity index is 372. The smallest absolute Gasteiger partial charge is 0.153 e. The molecule has 82 valence electrons. The van der Waals surface area contributed by atoms with Gasteiger partial charge in [0.1, 0.15) is 0 Å². The van der Waals surface area contributed by atoms with Crippen molar-refractivity contribution in [1.29, 1.82) is 0 Å². The number of nitrogens with two attached hydrogens (primary N) is 1. The molecular weight excluding hydrogens is 235 g/mol. The zero-order chi connectivity index (χ0) is 9.10. The molecule has 0 radical (unpaired) electrons. The van der Waals surface area contributed by atoms with Gasteiger partial charge in [-0.05, 0) is 17.7 Å². The number of aromatic nitrogens is 3. The molecule has 2 rings (SSSR count). The normalized spacial score (nSPS) is 8.87. The van der Waals surface area contributed by atoms with Crippen LogP contribution in [-0.2, 0) is 6.54 Å². The van der Waals surface area contributed by atoms with Crippen LogP contribution in [0.4, 0.5) is 0 Å². The Morgan fingerprint density at radius 3 is 2.53 bits per heavy atom. The molecular formula is C9H12Cl2N4. The van der Waals surface area contributed by atoms with E-state index < -0.39 is 0 Å². The molecule has 2 aromatic heterocycles. The van der Waals surface area contributed by atoms with Crippen LogP contribution in [0.5, 0.6) is 0 Å². The minimum absolute atomic E-state index is 0. The zero-order valence-corrected chi connectivity index (χ0v) is 9.54. The summed E-state index contributed by atoms with van der Waals surface area (Å²) >= 11 is 0. The third kappa shape index (κ3) is 3.20. The summed E-state index contributed by atoms with van der Waals surface area (Å²) in [6, 6.07) is 5.71. The summed E-state index contributed by atoms with van der Waals surface area (Å²) in [4.78, 5) is 4.21. The van der Waals surface area contributed by atoms with Crippen LogP contribution in [0, 0.1) is 0 Å². The maximum atomic E-state index is 5.46. The van der Waals surface area contributed by atoms with Gasteiger partial charge in [0.15, 0.2) is 5.82 Å². The Labute approximate surface area is 100 Å². The Balaban J connectivity index is 0.000000980. The van der Waals surface area contributed by atoms with Gasteiger partial charge in [-0.25, -0.2) is 9.67 Å². The zero-order valence-electron chi connectivity index (χ0n) is 7.91. The molecule has 0 aliphatic rings. The SMILES string of the molecule is Cl.Cl.NCc1ccc(-n2cccn2)nc1. The summed E-state index contributed by atoms with van der Waals surface area (Å²) in [5.41, 5.74) is 6.48. The maximum Gasteiger partial charge on any atom is 0.153 e. The molecule has 0 unspecified atom stereocenters. The minimum atomic E-state index is 0. The van der Waals surface area contributed by atoms with E-state index in [0.717, 1.165) is 11.4 Å². The van der Waals surface area contributed by atoms with Crippen molar-refractivity contribution < 1.29 is 0 Å². The van der Waals surface area contributed by atoms with Crippen molar-refractivity contribution in [2.45, 2.75) is 6.54 Å². The predicted molar refractivity (Wildman–Crippen MR) is 63.7 cm³/mol. The average molecular weight is 247 g/mol. The predicted octanol–water partition coefficient (Wildman–Crippen LogP) is 1.57. The van der Waals surface area contributed by atoms with Gasteiger partial charge in [-0.15, -0.1) is 24.8 Å². The molecule has 2 heterocycles. The quantitative estimate of drug-likeness (QED) is 0.876. The van der Waals surface area contributed by atoms with E-state index in [2.05, 4.69) is 10.1 Å². The largest absolute Gasteiger partial charge is 0.326 e. The van der Waals surface area contributed by atoms with Gasteiger partial charge in [0.25, 0.3) is 0 Å². The first kappa shape index (κ1) is 13.9. The fourth-order valence-corrected chi connectivity index (χ4v) is 1.08. The number of pyridine rings is 1. The third-order valence-electron chi connectivity index (χ3n) is 1.78. The van der Waals surface area contributed by atoms with E-state index in [1.807, 2.05) is 24.4 Å². The van der Waals surface area contributed by atoms with Crippen molar-refractivity contribution in [3.63, 3.8) is 0 Å². The minimum Gasteiger partial charge on any atom is -0.326 e. The van der Waals surface area contributed by atoms with Gasteiger partial charge in [0.2, 0.25) is 0 Å². The Morgan fingerprint density at radius 2 is 2.07 bits per heavy atom. The highest BCUT2D eigenvalue weighted by molar-refractivity contribution is 5.85. The number of hydrogen-bond acceptors (Lipinski definition) is 3. The summed E-state index contributed by atoms with van der Waals surface area (Å²) < 4.78 is 1.71. The molecule has 0 saturated carbocycles. The van der Waals surface area contributed by atoms with Crippen LogP contribution in [-0.4, -0.2) is 14.8 Å². The van der Waals surface area contributed by atoms with Gasteiger partial charge >= 0.3 is 0 Å². The molecule has 15 heavy (non-hydrogen) atoms. The topological polar surface area (TPSA) is 56.7 Å². The van der Waals surface area contributed by atoms with Gasteiger partial charge in [0, 0.05) is 25.1 Å². The van der Waals surface area contributed by atoms with Crippen LogP contribution in [0.3, 0.4) is 0 Å². The van der Waals surface area contributed by atoms with E-state index in [1.54, 1.807) is 17.1 Å². The van der Waals surface area contributed by atoms with Crippen LogP contribution in [0.15, 0.2) is 36.8 Å². The molecule has 2 aromatic rings. The van der Waals surface area contributed by atoms with E-state index in [0.29, 0.717) is 6.54 Å². The Kier molecular flexibility index (Phi) is 5.93. The molecule has 0 aromatic carbocycles. The van der Waals surface area contributed by atoms with Gasteiger partial charge in [-0.1, -0.05) is 6.07 Å². The molecule has 0 spiro atoms. The summed E-state index contributed by atoms with van der Waals surface area (Å²) in [7, 11) is 0. The van der Waals surface area contributed by atoms with Crippen molar-refractivity contribution in [2.75, 3.05) is 0 Å². The first-order valence-corrected chi connectivity index (χ1v) is 4.05. The lowest BCUT2D eigenvalue weighted by atomic mass is 10.3. The Hall–Kier alpha value is -1.10. The molecule has 0 fully saturated rings. The van der Waals surface area contributed by atoms with Crippen molar-refractivity contribution in [3.05, 3.63) is 42.4 Å². The number of halogens is 2. The highest BCUT2D eigenvalue weighted by Gasteiger charge is 1.96. The first-order valence-electron chi connectivity index (χ1n) is 4.05. The molecule has 0 aliphatic carbocycles. The van der Waals surface area contributed by atoms with E-state index >= 15 is 0 Å². The Morgan fingerprint density at radius 1 is 1.27 bits per heavy atom. The second kappa shape index (κ2) is 6.40. The maximum absolute atomic E-state index is 5.46. The summed E-state index contributed by atoms with van der Waals surface area (Å²) in [5.74, 6) is 0.808. The molecule has 6 heteroatoms.